The average molecular weight is 354 g/mol. The number of anilines is 1. The maximum atomic E-state index is 14.0. The number of nitrogens with one attached hydrogen (secondary N) is 1. The molecule has 1 unspecified atom stereocenters. The fourth-order valence-electron chi connectivity index (χ4n) is 2.06. The van der Waals surface area contributed by atoms with E-state index in [1.165, 1.54) is 14.0 Å². The highest BCUT2D eigenvalue weighted by Gasteiger charge is 2.48. The zero-order chi connectivity index (χ0) is 17.4. The van der Waals surface area contributed by atoms with Gasteiger partial charge in [0.05, 0.1) is 16.5 Å². The summed E-state index contributed by atoms with van der Waals surface area (Å²) in [5.41, 5.74) is -1.77. The quantitative estimate of drug-likeness (QED) is 0.508. The van der Waals surface area contributed by atoms with E-state index in [0.717, 1.165) is 12.1 Å². The predicted molar refractivity (Wildman–Crippen MR) is 78.5 cm³/mol. The molecule has 3 nitrogen and oxygen atoms in total. The van der Waals surface area contributed by atoms with Gasteiger partial charge in [0.2, 0.25) is 0 Å². The molecule has 0 aromatic heterocycles. The number of hydrogen-bond donors (Lipinski definition) is 1. The minimum absolute atomic E-state index is 0.0900. The second-order valence-corrected chi connectivity index (χ2v) is 6.78. The molecule has 2 rings (SSSR count). The van der Waals surface area contributed by atoms with E-state index < -0.39 is 34.2 Å². The molecule has 1 saturated carbocycles. The van der Waals surface area contributed by atoms with Gasteiger partial charge in [-0.2, -0.15) is 13.2 Å². The Labute approximate surface area is 132 Å². The number of hydrogen-bond acceptors (Lipinski definition) is 2. The van der Waals surface area contributed by atoms with Crippen LogP contribution < -0.4 is 5.32 Å². The average Bonchev–Trinajstić information content (AvgIpc) is 3.14. The number of alkyl halides is 4. The fraction of sp³-hybridized carbons (Fsp3) is 0.500. The summed E-state index contributed by atoms with van der Waals surface area (Å²) in [6.45, 7) is 1.36. The second-order valence-electron chi connectivity index (χ2n) is 5.37. The summed E-state index contributed by atoms with van der Waals surface area (Å²) >= 11 is 0. The first-order chi connectivity index (χ1) is 10.6. The molecule has 0 radical (unpaired) electrons. The molecule has 1 aliphatic rings. The predicted octanol–water partition coefficient (Wildman–Crippen LogP) is 3.75. The Morgan fingerprint density at radius 3 is 2.48 bits per heavy atom. The molecule has 0 spiro atoms. The van der Waals surface area contributed by atoms with Crippen molar-refractivity contribution < 1.29 is 26.2 Å². The smallest absolute Gasteiger partial charge is 0.339 e. The van der Waals surface area contributed by atoms with Gasteiger partial charge in [0.15, 0.2) is 5.67 Å². The first kappa shape index (κ1) is 17.8. The summed E-state index contributed by atoms with van der Waals surface area (Å²) < 4.78 is 77.0. The summed E-state index contributed by atoms with van der Waals surface area (Å²) in [5.74, 6) is -2.39. The van der Waals surface area contributed by atoms with Crippen molar-refractivity contribution in [2.24, 2.45) is 4.99 Å². The number of rotatable bonds is 4. The molecule has 1 aliphatic carbocycles. The van der Waals surface area contributed by atoms with Crippen molar-refractivity contribution in [2.75, 3.05) is 18.1 Å². The van der Waals surface area contributed by atoms with Gasteiger partial charge in [-0.25, -0.2) is 8.78 Å². The van der Waals surface area contributed by atoms with Crippen LogP contribution in [0.15, 0.2) is 22.0 Å². The number of amidine groups is 1. The minimum Gasteiger partial charge on any atom is -0.339 e. The van der Waals surface area contributed by atoms with Gasteiger partial charge in [0.25, 0.3) is 0 Å². The van der Waals surface area contributed by atoms with E-state index in [0.29, 0.717) is 0 Å². The summed E-state index contributed by atoms with van der Waals surface area (Å²) in [5, 5.41) is 2.47. The van der Waals surface area contributed by atoms with Crippen LogP contribution in [0.2, 0.25) is 0 Å². The number of benzene rings is 1. The molecule has 1 aromatic rings. The lowest BCUT2D eigenvalue weighted by molar-refractivity contribution is -0.105. The van der Waals surface area contributed by atoms with Crippen LogP contribution in [0, 0.1) is 12.7 Å². The molecule has 0 heterocycles. The van der Waals surface area contributed by atoms with E-state index in [1.807, 2.05) is 0 Å². The first-order valence-electron chi connectivity index (χ1n) is 6.74. The molecule has 9 heteroatoms. The van der Waals surface area contributed by atoms with Crippen LogP contribution >= 0.6 is 0 Å². The first-order valence-corrected chi connectivity index (χ1v) is 8.06. The van der Waals surface area contributed by atoms with E-state index in [-0.39, 0.29) is 34.8 Å². The topological polar surface area (TPSA) is 41.5 Å². The van der Waals surface area contributed by atoms with Gasteiger partial charge < -0.3 is 5.32 Å². The molecule has 0 amide bonds. The Balaban J connectivity index is 2.31. The summed E-state index contributed by atoms with van der Waals surface area (Å²) in [6.07, 6.45) is -4.12. The minimum atomic E-state index is -4.60. The molecule has 0 bridgehead atoms. The SMILES string of the molecule is CN=C(Nc1cc(S(=O)CC(F)(F)F)c(C)cc1F)C1(F)CC1. The van der Waals surface area contributed by atoms with E-state index in [2.05, 4.69) is 10.3 Å². The monoisotopic (exact) mass is 354 g/mol. The van der Waals surface area contributed by atoms with Crippen LogP contribution in [0.25, 0.3) is 0 Å². The van der Waals surface area contributed by atoms with Gasteiger partial charge in [0.1, 0.15) is 17.4 Å². The van der Waals surface area contributed by atoms with E-state index >= 15 is 0 Å². The number of halogens is 5. The third-order valence-corrected chi connectivity index (χ3v) is 4.91. The van der Waals surface area contributed by atoms with Crippen molar-refractivity contribution in [3.05, 3.63) is 23.5 Å². The van der Waals surface area contributed by atoms with Crippen molar-refractivity contribution >= 4 is 22.3 Å². The highest BCUT2D eigenvalue weighted by Crippen LogP contribution is 2.41. The number of aliphatic imine (C=N–C) groups is 1. The number of aryl methyl sites for hydroxylation is 1. The normalized spacial score (nSPS) is 18.7. The fourth-order valence-corrected chi connectivity index (χ4v) is 3.18. The van der Waals surface area contributed by atoms with Crippen LogP contribution in [0.1, 0.15) is 18.4 Å². The van der Waals surface area contributed by atoms with Crippen LogP contribution in [-0.2, 0) is 10.8 Å². The molecule has 1 fully saturated rings. The van der Waals surface area contributed by atoms with Gasteiger partial charge in [0, 0.05) is 11.9 Å². The lowest BCUT2D eigenvalue weighted by Gasteiger charge is -2.15. The summed E-state index contributed by atoms with van der Waals surface area (Å²) in [6, 6.07) is 1.99. The Kier molecular flexibility index (Phi) is 4.79. The van der Waals surface area contributed by atoms with Gasteiger partial charge in [-0.3, -0.25) is 9.20 Å². The molecule has 1 N–H and O–H groups in total. The van der Waals surface area contributed by atoms with Crippen LogP contribution in [-0.4, -0.2) is 34.7 Å². The van der Waals surface area contributed by atoms with E-state index in [4.69, 9.17) is 0 Å². The van der Waals surface area contributed by atoms with Crippen molar-refractivity contribution in [2.45, 2.75) is 36.5 Å². The van der Waals surface area contributed by atoms with E-state index in [9.17, 15) is 26.2 Å². The third kappa shape index (κ3) is 4.27. The molecular weight excluding hydrogens is 339 g/mol. The molecule has 0 aliphatic heterocycles. The molecule has 1 atom stereocenters. The highest BCUT2D eigenvalue weighted by atomic mass is 32.2. The van der Waals surface area contributed by atoms with Gasteiger partial charge >= 0.3 is 6.18 Å². The Morgan fingerprint density at radius 1 is 1.39 bits per heavy atom. The van der Waals surface area contributed by atoms with E-state index in [1.54, 1.807) is 0 Å². The van der Waals surface area contributed by atoms with Gasteiger partial charge in [-0.15, -0.1) is 0 Å². The maximum absolute atomic E-state index is 14.0. The van der Waals surface area contributed by atoms with Crippen molar-refractivity contribution in [3.63, 3.8) is 0 Å². The lowest BCUT2D eigenvalue weighted by atomic mass is 10.2. The van der Waals surface area contributed by atoms with Crippen molar-refractivity contribution in [3.8, 4) is 0 Å². The molecule has 0 saturated heterocycles. The molecule has 23 heavy (non-hydrogen) atoms. The third-order valence-electron chi connectivity index (χ3n) is 3.39. The van der Waals surface area contributed by atoms with Crippen LogP contribution in [0.3, 0.4) is 0 Å². The Morgan fingerprint density at radius 2 is 2.00 bits per heavy atom. The summed E-state index contributed by atoms with van der Waals surface area (Å²) in [7, 11) is -1.04. The van der Waals surface area contributed by atoms with Crippen molar-refractivity contribution in [1.29, 1.82) is 0 Å². The van der Waals surface area contributed by atoms with Gasteiger partial charge in [-0.05, 0) is 37.5 Å². The Hall–Kier alpha value is -1.51. The molecule has 128 valence electrons. The van der Waals surface area contributed by atoms with Crippen LogP contribution in [0.5, 0.6) is 0 Å². The molecular formula is C14H15F5N2OS. The Bertz CT molecular complexity index is 668. The lowest BCUT2D eigenvalue weighted by Crippen LogP contribution is -2.26. The standard InChI is InChI=1S/C14H15F5N2OS/c1-8-5-9(15)10(21-12(20-2)13(16)3-4-13)6-11(8)23(22)7-14(17,18)19/h5-6H,3-4,7H2,1-2H3,(H,20,21). The zero-order valence-electron chi connectivity index (χ0n) is 12.4. The summed E-state index contributed by atoms with van der Waals surface area (Å²) in [4.78, 5) is 3.57. The van der Waals surface area contributed by atoms with Gasteiger partial charge in [-0.1, -0.05) is 0 Å². The molecule has 1 aromatic carbocycles. The zero-order valence-corrected chi connectivity index (χ0v) is 13.2. The largest absolute Gasteiger partial charge is 0.400 e. The maximum Gasteiger partial charge on any atom is 0.400 e. The number of nitrogens with zero attached hydrogens (tertiary/aromatic N) is 1. The highest BCUT2D eigenvalue weighted by molar-refractivity contribution is 7.85. The van der Waals surface area contributed by atoms with Crippen molar-refractivity contribution in [1.82, 2.24) is 0 Å². The second kappa shape index (κ2) is 6.18. The van der Waals surface area contributed by atoms with Crippen LogP contribution in [0.4, 0.5) is 27.6 Å².